The summed E-state index contributed by atoms with van der Waals surface area (Å²) in [5, 5.41) is 1.47. The van der Waals surface area contributed by atoms with E-state index in [0.29, 0.717) is 11.9 Å². The van der Waals surface area contributed by atoms with Gasteiger partial charge in [-0.3, -0.25) is 9.36 Å². The Morgan fingerprint density at radius 2 is 2.30 bits per heavy atom. The molecule has 0 spiro atoms. The van der Waals surface area contributed by atoms with Gasteiger partial charge in [0.2, 0.25) is 0 Å². The van der Waals surface area contributed by atoms with Gasteiger partial charge in [-0.25, -0.2) is 4.98 Å². The quantitative estimate of drug-likeness (QED) is 0.241. The predicted octanol–water partition coefficient (Wildman–Crippen LogP) is 4.08. The molecule has 1 aromatic heterocycles. The maximum absolute atomic E-state index is 12.6. The van der Waals surface area contributed by atoms with Crippen LogP contribution < -0.4 is 5.56 Å². The van der Waals surface area contributed by atoms with Crippen LogP contribution in [0.1, 0.15) is 19.8 Å². The molecule has 0 bridgehead atoms. The minimum absolute atomic E-state index is 0.0208. The fourth-order valence-corrected chi connectivity index (χ4v) is 3.46. The van der Waals surface area contributed by atoms with Gasteiger partial charge in [0.25, 0.3) is 5.56 Å². The van der Waals surface area contributed by atoms with Gasteiger partial charge in [-0.2, -0.15) is 0 Å². The number of unbranched alkanes of at least 4 members (excludes halogenated alkanes) is 1. The lowest BCUT2D eigenvalue weighted by Gasteiger charge is -2.11. The highest BCUT2D eigenvalue weighted by molar-refractivity contribution is 14.1. The summed E-state index contributed by atoms with van der Waals surface area (Å²) in [6.45, 7) is 6.40. The van der Waals surface area contributed by atoms with E-state index >= 15 is 0 Å². The molecule has 20 heavy (non-hydrogen) atoms. The van der Waals surface area contributed by atoms with Crippen molar-refractivity contribution in [2.24, 2.45) is 0 Å². The first-order valence-electron chi connectivity index (χ1n) is 6.61. The Labute approximate surface area is 136 Å². The Balaban J connectivity index is 2.54. The summed E-state index contributed by atoms with van der Waals surface area (Å²) in [5.41, 5.74) is 0.794. The van der Waals surface area contributed by atoms with Crippen LogP contribution >= 0.6 is 34.4 Å². The Kier molecular flexibility index (Phi) is 5.65. The molecule has 0 radical (unpaired) electrons. The second-order valence-electron chi connectivity index (χ2n) is 4.46. The second kappa shape index (κ2) is 7.26. The fourth-order valence-electron chi connectivity index (χ4n) is 1.88. The predicted molar refractivity (Wildman–Crippen MR) is 94.5 cm³/mol. The monoisotopic (exact) mass is 400 g/mol. The third-order valence-corrected chi connectivity index (χ3v) is 4.66. The molecule has 0 saturated heterocycles. The van der Waals surface area contributed by atoms with Gasteiger partial charge >= 0.3 is 0 Å². The Morgan fingerprint density at radius 3 is 3.00 bits per heavy atom. The first kappa shape index (κ1) is 15.6. The maximum Gasteiger partial charge on any atom is 0.262 e. The molecule has 106 valence electrons. The number of allylic oxidation sites excluding steroid dienone is 1. The smallest absolute Gasteiger partial charge is 0.262 e. The number of thioether (sulfide) groups is 1. The van der Waals surface area contributed by atoms with E-state index in [1.807, 2.05) is 18.2 Å². The van der Waals surface area contributed by atoms with E-state index in [4.69, 9.17) is 0 Å². The van der Waals surface area contributed by atoms with E-state index in [-0.39, 0.29) is 5.56 Å². The summed E-state index contributed by atoms with van der Waals surface area (Å²) in [5.74, 6) is 0.982. The van der Waals surface area contributed by atoms with Gasteiger partial charge in [-0.1, -0.05) is 31.2 Å². The fraction of sp³-hybridized carbons (Fsp3) is 0.333. The highest BCUT2D eigenvalue weighted by Crippen LogP contribution is 2.20. The Morgan fingerprint density at radius 1 is 1.50 bits per heavy atom. The number of nitrogens with zero attached hydrogens (tertiary/aromatic N) is 2. The molecular weight excluding hydrogens is 383 g/mol. The lowest BCUT2D eigenvalue weighted by molar-refractivity contribution is 0.670. The van der Waals surface area contributed by atoms with Gasteiger partial charge in [0.15, 0.2) is 5.16 Å². The van der Waals surface area contributed by atoms with Crippen molar-refractivity contribution in [3.05, 3.63) is 44.8 Å². The van der Waals surface area contributed by atoms with Crippen LogP contribution in [-0.2, 0) is 6.54 Å². The lowest BCUT2D eigenvalue weighted by Crippen LogP contribution is -2.23. The molecule has 0 fully saturated rings. The molecule has 0 atom stereocenters. The van der Waals surface area contributed by atoms with Crippen molar-refractivity contribution in [2.45, 2.75) is 31.5 Å². The van der Waals surface area contributed by atoms with Crippen LogP contribution in [0.3, 0.4) is 0 Å². The van der Waals surface area contributed by atoms with Crippen LogP contribution in [0.4, 0.5) is 0 Å². The average molecular weight is 400 g/mol. The van der Waals surface area contributed by atoms with Gasteiger partial charge in [-0.05, 0) is 47.2 Å². The highest BCUT2D eigenvalue weighted by atomic mass is 127. The molecular formula is C15H17IN2OS. The molecule has 3 nitrogen and oxygen atoms in total. The van der Waals surface area contributed by atoms with Crippen molar-refractivity contribution in [3.8, 4) is 0 Å². The Bertz CT molecular complexity index is 681. The van der Waals surface area contributed by atoms with E-state index in [1.165, 1.54) is 0 Å². The molecule has 1 aromatic carbocycles. The number of aromatic nitrogens is 2. The van der Waals surface area contributed by atoms with Gasteiger partial charge in [0.1, 0.15) is 0 Å². The first-order valence-corrected chi connectivity index (χ1v) is 8.67. The van der Waals surface area contributed by atoms with Gasteiger partial charge in [0, 0.05) is 15.9 Å². The second-order valence-corrected chi connectivity index (χ2v) is 6.77. The topological polar surface area (TPSA) is 34.9 Å². The van der Waals surface area contributed by atoms with Crippen LogP contribution in [0.5, 0.6) is 0 Å². The summed E-state index contributed by atoms with van der Waals surface area (Å²) in [7, 11) is 0. The summed E-state index contributed by atoms with van der Waals surface area (Å²) in [6, 6.07) is 5.79. The number of fused-ring (bicyclic) bond motifs is 1. The standard InChI is InChI=1S/C15H17IN2OS/c1-3-5-9-20-15-17-13-7-6-11(16)10-12(13)14(19)18(15)8-4-2/h4,6-7,10H,2-3,5,8-9H2,1H3. The largest absolute Gasteiger partial charge is 0.283 e. The van der Waals surface area contributed by atoms with Crippen molar-refractivity contribution in [1.82, 2.24) is 9.55 Å². The average Bonchev–Trinajstić information content (AvgIpc) is 2.44. The SMILES string of the molecule is C=CCn1c(SCCCC)nc2ccc(I)cc2c1=O. The minimum Gasteiger partial charge on any atom is -0.283 e. The van der Waals surface area contributed by atoms with Crippen LogP contribution in [0, 0.1) is 3.57 Å². The van der Waals surface area contributed by atoms with Crippen molar-refractivity contribution >= 4 is 45.3 Å². The number of hydrogen-bond donors (Lipinski definition) is 0. The van der Waals surface area contributed by atoms with Crippen LogP contribution in [0.15, 0.2) is 40.8 Å². The van der Waals surface area contributed by atoms with Gasteiger partial charge in [0.05, 0.1) is 10.9 Å². The molecule has 0 amide bonds. The van der Waals surface area contributed by atoms with Crippen molar-refractivity contribution in [2.75, 3.05) is 5.75 Å². The summed E-state index contributed by atoms with van der Waals surface area (Å²) < 4.78 is 2.76. The number of benzene rings is 1. The van der Waals surface area contributed by atoms with Crippen LogP contribution in [0.2, 0.25) is 0 Å². The van der Waals surface area contributed by atoms with E-state index in [9.17, 15) is 4.79 Å². The molecule has 2 rings (SSSR count). The molecule has 0 N–H and O–H groups in total. The van der Waals surface area contributed by atoms with Crippen molar-refractivity contribution in [3.63, 3.8) is 0 Å². The van der Waals surface area contributed by atoms with Gasteiger partial charge < -0.3 is 0 Å². The number of rotatable bonds is 6. The number of hydrogen-bond acceptors (Lipinski definition) is 3. The molecule has 5 heteroatoms. The van der Waals surface area contributed by atoms with E-state index < -0.39 is 0 Å². The van der Waals surface area contributed by atoms with Crippen LogP contribution in [-0.4, -0.2) is 15.3 Å². The van der Waals surface area contributed by atoms with E-state index in [2.05, 4.69) is 41.1 Å². The molecule has 0 aliphatic rings. The van der Waals surface area contributed by atoms with E-state index in [0.717, 1.165) is 32.8 Å². The first-order chi connectivity index (χ1) is 9.67. The number of halogens is 1. The van der Waals surface area contributed by atoms with Crippen LogP contribution in [0.25, 0.3) is 10.9 Å². The highest BCUT2D eigenvalue weighted by Gasteiger charge is 2.10. The summed E-state index contributed by atoms with van der Waals surface area (Å²) >= 11 is 3.86. The van der Waals surface area contributed by atoms with Crippen molar-refractivity contribution in [1.29, 1.82) is 0 Å². The summed E-state index contributed by atoms with van der Waals surface area (Å²) in [4.78, 5) is 17.2. The third-order valence-electron chi connectivity index (χ3n) is 2.92. The zero-order valence-electron chi connectivity index (χ0n) is 11.4. The molecule has 0 unspecified atom stereocenters. The molecule has 0 aliphatic carbocycles. The normalized spacial score (nSPS) is 10.9. The molecule has 0 aliphatic heterocycles. The molecule has 1 heterocycles. The maximum atomic E-state index is 12.6. The zero-order valence-corrected chi connectivity index (χ0v) is 14.4. The lowest BCUT2D eigenvalue weighted by atomic mass is 10.2. The Hall–Kier alpha value is -0.820. The van der Waals surface area contributed by atoms with Crippen molar-refractivity contribution < 1.29 is 0 Å². The summed E-state index contributed by atoms with van der Waals surface area (Å²) in [6.07, 6.45) is 4.01. The van der Waals surface area contributed by atoms with E-state index in [1.54, 1.807) is 22.4 Å². The third kappa shape index (κ3) is 3.44. The molecule has 2 aromatic rings. The van der Waals surface area contributed by atoms with Gasteiger partial charge in [-0.15, -0.1) is 6.58 Å². The molecule has 0 saturated carbocycles. The zero-order chi connectivity index (χ0) is 14.5. The minimum atomic E-state index is 0.0208.